The van der Waals surface area contributed by atoms with Crippen molar-refractivity contribution in [2.45, 2.75) is 40.2 Å². The van der Waals surface area contributed by atoms with E-state index >= 15 is 0 Å². The van der Waals surface area contributed by atoms with E-state index < -0.39 is 5.60 Å². The van der Waals surface area contributed by atoms with E-state index in [-0.39, 0.29) is 5.41 Å². The summed E-state index contributed by atoms with van der Waals surface area (Å²) in [7, 11) is 0. The van der Waals surface area contributed by atoms with Crippen molar-refractivity contribution in [1.29, 1.82) is 0 Å². The van der Waals surface area contributed by atoms with Gasteiger partial charge in [-0.2, -0.15) is 0 Å². The third kappa shape index (κ3) is 2.19. The lowest BCUT2D eigenvalue weighted by Crippen LogP contribution is -2.40. The van der Waals surface area contributed by atoms with Crippen LogP contribution in [-0.4, -0.2) is 28.8 Å². The number of nitrogens with zero attached hydrogens (tertiary/aromatic N) is 1. The van der Waals surface area contributed by atoms with Crippen LogP contribution < -0.4 is 5.84 Å². The summed E-state index contributed by atoms with van der Waals surface area (Å²) in [6.07, 6.45) is 0. The molecule has 1 unspecified atom stereocenters. The molecule has 0 spiro atoms. The van der Waals surface area contributed by atoms with Crippen molar-refractivity contribution in [1.82, 2.24) is 5.01 Å². The van der Waals surface area contributed by atoms with Crippen molar-refractivity contribution < 1.29 is 5.11 Å². The summed E-state index contributed by atoms with van der Waals surface area (Å²) < 4.78 is 0. The fourth-order valence-electron chi connectivity index (χ4n) is 1.34. The van der Waals surface area contributed by atoms with Crippen molar-refractivity contribution in [3.63, 3.8) is 0 Å². The number of hydrogen-bond acceptors (Lipinski definition) is 3. The minimum Gasteiger partial charge on any atom is -0.388 e. The molecule has 0 aromatic rings. The minimum absolute atomic E-state index is 0.0816. The van der Waals surface area contributed by atoms with Gasteiger partial charge in [0, 0.05) is 18.5 Å². The van der Waals surface area contributed by atoms with Gasteiger partial charge >= 0.3 is 0 Å². The molecule has 0 radical (unpaired) electrons. The largest absolute Gasteiger partial charge is 0.388 e. The lowest BCUT2D eigenvalue weighted by Gasteiger charge is -2.31. The second-order valence-electron chi connectivity index (χ2n) is 4.06. The van der Waals surface area contributed by atoms with Crippen LogP contribution in [0.4, 0.5) is 0 Å². The Morgan fingerprint density at radius 2 is 1.58 bits per heavy atom. The van der Waals surface area contributed by atoms with Gasteiger partial charge in [0.15, 0.2) is 0 Å². The maximum atomic E-state index is 9.77. The molecule has 1 saturated heterocycles. The Morgan fingerprint density at radius 1 is 1.17 bits per heavy atom. The van der Waals surface area contributed by atoms with E-state index in [1.54, 1.807) is 5.01 Å². The van der Waals surface area contributed by atoms with Crippen molar-refractivity contribution in [3.8, 4) is 0 Å². The van der Waals surface area contributed by atoms with E-state index in [1.165, 1.54) is 0 Å². The quantitative estimate of drug-likeness (QED) is 0.538. The number of rotatable bonds is 0. The topological polar surface area (TPSA) is 49.5 Å². The molecule has 3 N–H and O–H groups in total. The molecule has 0 aromatic heterocycles. The summed E-state index contributed by atoms with van der Waals surface area (Å²) in [6, 6.07) is 0. The van der Waals surface area contributed by atoms with Crippen LogP contribution in [0.25, 0.3) is 0 Å². The van der Waals surface area contributed by atoms with E-state index in [2.05, 4.69) is 0 Å². The van der Waals surface area contributed by atoms with Crippen LogP contribution in [0.1, 0.15) is 34.6 Å². The monoisotopic (exact) mass is 174 g/mol. The number of nitrogens with two attached hydrogens (primary N) is 1. The molecule has 1 aliphatic rings. The van der Waals surface area contributed by atoms with E-state index in [0.717, 1.165) is 6.54 Å². The highest BCUT2D eigenvalue weighted by Gasteiger charge is 2.46. The van der Waals surface area contributed by atoms with Gasteiger partial charge < -0.3 is 5.11 Å². The average Bonchev–Trinajstić information content (AvgIpc) is 2.04. The van der Waals surface area contributed by atoms with E-state index in [0.29, 0.717) is 6.54 Å². The van der Waals surface area contributed by atoms with Crippen LogP contribution in [0.15, 0.2) is 0 Å². The van der Waals surface area contributed by atoms with Crippen molar-refractivity contribution >= 4 is 0 Å². The molecule has 1 heterocycles. The zero-order valence-corrected chi connectivity index (χ0v) is 8.89. The van der Waals surface area contributed by atoms with Crippen molar-refractivity contribution in [2.24, 2.45) is 11.3 Å². The summed E-state index contributed by atoms with van der Waals surface area (Å²) in [5.41, 5.74) is -0.719. The molecule has 1 aliphatic heterocycles. The molecular formula is C9H22N2O. The molecule has 1 atom stereocenters. The Balaban J connectivity index is 0.000000561. The SMILES string of the molecule is CC.CC1(C)CN(N)CC1(C)O. The highest BCUT2D eigenvalue weighted by molar-refractivity contribution is 4.98. The number of hydrazine groups is 1. The Kier molecular flexibility index (Phi) is 3.69. The molecule has 0 aliphatic carbocycles. The van der Waals surface area contributed by atoms with Crippen LogP contribution in [-0.2, 0) is 0 Å². The maximum Gasteiger partial charge on any atom is 0.0823 e. The standard InChI is InChI=1S/C7H16N2O.C2H6/c1-6(2)4-9(8)5-7(6,3)10;1-2/h10H,4-5,8H2,1-3H3;1-2H3. The highest BCUT2D eigenvalue weighted by atomic mass is 16.3. The van der Waals surface area contributed by atoms with Gasteiger partial charge in [0.1, 0.15) is 0 Å². The normalized spacial score (nSPS) is 34.2. The second kappa shape index (κ2) is 3.73. The van der Waals surface area contributed by atoms with Crippen LogP contribution in [0.5, 0.6) is 0 Å². The Morgan fingerprint density at radius 3 is 1.67 bits per heavy atom. The molecule has 12 heavy (non-hydrogen) atoms. The lowest BCUT2D eigenvalue weighted by atomic mass is 9.79. The Bertz CT molecular complexity index is 127. The van der Waals surface area contributed by atoms with Gasteiger partial charge in [-0.25, -0.2) is 5.01 Å². The van der Waals surface area contributed by atoms with Gasteiger partial charge in [0.2, 0.25) is 0 Å². The maximum absolute atomic E-state index is 9.77. The molecule has 1 fully saturated rings. The number of β-amino-alcohol motifs (C(OH)–C–C–N with tert-alkyl or cyclic N) is 1. The number of aliphatic hydroxyl groups is 1. The molecule has 3 heteroatoms. The molecule has 74 valence electrons. The van der Waals surface area contributed by atoms with E-state index in [4.69, 9.17) is 5.84 Å². The van der Waals surface area contributed by atoms with Gasteiger partial charge in [0.05, 0.1) is 5.60 Å². The molecule has 0 aromatic carbocycles. The van der Waals surface area contributed by atoms with Crippen molar-refractivity contribution in [2.75, 3.05) is 13.1 Å². The lowest BCUT2D eigenvalue weighted by molar-refractivity contribution is -0.0110. The summed E-state index contributed by atoms with van der Waals surface area (Å²) in [5.74, 6) is 5.56. The zero-order chi connectivity index (χ0) is 9.99. The summed E-state index contributed by atoms with van der Waals surface area (Å²) in [4.78, 5) is 0. The molecule has 3 nitrogen and oxygen atoms in total. The van der Waals surface area contributed by atoms with Crippen LogP contribution in [0.3, 0.4) is 0 Å². The summed E-state index contributed by atoms with van der Waals surface area (Å²) >= 11 is 0. The second-order valence-corrected chi connectivity index (χ2v) is 4.06. The first kappa shape index (κ1) is 11.9. The Labute approximate surface area is 75.5 Å². The van der Waals surface area contributed by atoms with Crippen LogP contribution in [0, 0.1) is 5.41 Å². The Hall–Kier alpha value is -0.120. The first-order chi connectivity index (χ1) is 5.35. The molecule has 0 saturated carbocycles. The summed E-state index contributed by atoms with van der Waals surface area (Å²) in [6.45, 7) is 11.2. The first-order valence-corrected chi connectivity index (χ1v) is 4.57. The van der Waals surface area contributed by atoms with Gasteiger partial charge in [0.25, 0.3) is 0 Å². The van der Waals surface area contributed by atoms with Gasteiger partial charge in [-0.1, -0.05) is 27.7 Å². The van der Waals surface area contributed by atoms with Gasteiger partial charge in [-0.3, -0.25) is 5.84 Å². The van der Waals surface area contributed by atoms with Gasteiger partial charge in [-0.15, -0.1) is 0 Å². The predicted octanol–water partition coefficient (Wildman–Crippen LogP) is 0.979. The highest BCUT2D eigenvalue weighted by Crippen LogP contribution is 2.36. The van der Waals surface area contributed by atoms with Crippen molar-refractivity contribution in [3.05, 3.63) is 0 Å². The average molecular weight is 174 g/mol. The molecule has 0 amide bonds. The third-order valence-corrected chi connectivity index (χ3v) is 2.57. The zero-order valence-electron chi connectivity index (χ0n) is 8.89. The van der Waals surface area contributed by atoms with Crippen LogP contribution in [0.2, 0.25) is 0 Å². The van der Waals surface area contributed by atoms with Gasteiger partial charge in [-0.05, 0) is 6.92 Å². The third-order valence-electron chi connectivity index (χ3n) is 2.57. The van der Waals surface area contributed by atoms with E-state index in [9.17, 15) is 5.11 Å². The fourth-order valence-corrected chi connectivity index (χ4v) is 1.34. The molecule has 1 rings (SSSR count). The first-order valence-electron chi connectivity index (χ1n) is 4.57. The molecule has 0 bridgehead atoms. The smallest absolute Gasteiger partial charge is 0.0823 e. The predicted molar refractivity (Wildman–Crippen MR) is 51.5 cm³/mol. The summed E-state index contributed by atoms with van der Waals surface area (Å²) in [5, 5.41) is 11.4. The minimum atomic E-state index is -0.637. The fraction of sp³-hybridized carbons (Fsp3) is 1.00. The van der Waals surface area contributed by atoms with E-state index in [1.807, 2.05) is 34.6 Å². The molecular weight excluding hydrogens is 152 g/mol. The number of hydrogen-bond donors (Lipinski definition) is 2. The van der Waals surface area contributed by atoms with Crippen LogP contribution >= 0.6 is 0 Å².